The Labute approximate surface area is 127 Å². The molecule has 0 saturated heterocycles. The van der Waals surface area contributed by atoms with Gasteiger partial charge in [-0.2, -0.15) is 5.10 Å². The molecule has 0 radical (unpaired) electrons. The van der Waals surface area contributed by atoms with Crippen LogP contribution in [0, 0.1) is 0 Å². The van der Waals surface area contributed by atoms with E-state index in [0.717, 1.165) is 0 Å². The molecule has 2 N–H and O–H groups in total. The van der Waals surface area contributed by atoms with Crippen LogP contribution in [0.1, 0.15) is 0 Å². The molecule has 0 aliphatic heterocycles. The molecule has 0 aromatic carbocycles. The van der Waals surface area contributed by atoms with E-state index in [4.69, 9.17) is 0 Å². The van der Waals surface area contributed by atoms with Gasteiger partial charge in [-0.15, -0.1) is 0 Å². The van der Waals surface area contributed by atoms with Gasteiger partial charge >= 0.3 is 11.8 Å². The molecule has 8 nitrogen and oxygen atoms in total. The Morgan fingerprint density at radius 3 is 2.48 bits per heavy atom. The summed E-state index contributed by atoms with van der Waals surface area (Å²) in [5.74, 6) is -1.82. The van der Waals surface area contributed by atoms with Crippen LogP contribution in [-0.4, -0.2) is 26.2 Å². The van der Waals surface area contributed by atoms with Crippen molar-refractivity contribution < 1.29 is 9.59 Å². The van der Waals surface area contributed by atoms with E-state index >= 15 is 0 Å². The molecule has 110 valence electrons. The summed E-state index contributed by atoms with van der Waals surface area (Å²) in [6.07, 6.45) is 4.50. The smallest absolute Gasteiger partial charge is 0.314 e. The van der Waals surface area contributed by atoms with Crippen LogP contribution in [0.15, 0.2) is 33.9 Å². The Hall–Kier alpha value is -2.42. The van der Waals surface area contributed by atoms with Gasteiger partial charge in [-0.05, 0) is 22.0 Å². The van der Waals surface area contributed by atoms with Crippen molar-refractivity contribution in [1.82, 2.24) is 14.3 Å². The highest BCUT2D eigenvalue weighted by Gasteiger charge is 2.16. The Morgan fingerprint density at radius 2 is 1.86 bits per heavy atom. The standard InChI is InChI=1S/C12H12BrN5O3/c1-17-5-7(13)3-9(12(17)21)16-11(20)10(19)15-8-4-14-18(2)6-8/h3-6H,1-2H3,(H,15,19)(H,16,20). The van der Waals surface area contributed by atoms with Crippen molar-refractivity contribution in [3.05, 3.63) is 39.5 Å². The van der Waals surface area contributed by atoms with Gasteiger partial charge in [0, 0.05) is 31.0 Å². The lowest BCUT2D eigenvalue weighted by molar-refractivity contribution is -0.133. The SMILES string of the molecule is Cn1cc(NC(=O)C(=O)Nc2cc(Br)cn(C)c2=O)cn1. The van der Waals surface area contributed by atoms with Crippen molar-refractivity contribution in [3.63, 3.8) is 0 Å². The summed E-state index contributed by atoms with van der Waals surface area (Å²) in [5.41, 5.74) is -0.0151. The molecule has 0 spiro atoms. The number of hydrogen-bond acceptors (Lipinski definition) is 4. The molecule has 2 rings (SSSR count). The van der Waals surface area contributed by atoms with E-state index in [1.54, 1.807) is 26.5 Å². The van der Waals surface area contributed by atoms with Gasteiger partial charge in [0.15, 0.2) is 0 Å². The van der Waals surface area contributed by atoms with Crippen molar-refractivity contribution in [3.8, 4) is 0 Å². The highest BCUT2D eigenvalue weighted by molar-refractivity contribution is 9.10. The number of aromatic nitrogens is 3. The number of nitrogens with one attached hydrogen (secondary N) is 2. The van der Waals surface area contributed by atoms with Crippen molar-refractivity contribution in [2.45, 2.75) is 0 Å². The Kier molecular flexibility index (Phi) is 4.22. The van der Waals surface area contributed by atoms with Crippen molar-refractivity contribution in [1.29, 1.82) is 0 Å². The fourth-order valence-electron chi connectivity index (χ4n) is 1.61. The number of carbonyl (C=O) groups excluding carboxylic acids is 2. The molecule has 2 aromatic heterocycles. The Bertz CT molecular complexity index is 764. The molecule has 0 bridgehead atoms. The van der Waals surface area contributed by atoms with E-state index in [-0.39, 0.29) is 5.69 Å². The van der Waals surface area contributed by atoms with Gasteiger partial charge in [0.2, 0.25) is 0 Å². The lowest BCUT2D eigenvalue weighted by Crippen LogP contribution is -2.32. The maximum absolute atomic E-state index is 11.8. The van der Waals surface area contributed by atoms with Crippen molar-refractivity contribution in [2.24, 2.45) is 14.1 Å². The van der Waals surface area contributed by atoms with Crippen LogP contribution in [0.3, 0.4) is 0 Å². The summed E-state index contributed by atoms with van der Waals surface area (Å²) < 4.78 is 3.38. The molecule has 9 heteroatoms. The van der Waals surface area contributed by atoms with E-state index in [0.29, 0.717) is 10.2 Å². The van der Waals surface area contributed by atoms with E-state index < -0.39 is 17.4 Å². The maximum atomic E-state index is 11.8. The third kappa shape index (κ3) is 3.57. The first-order valence-corrected chi connectivity index (χ1v) is 6.63. The number of nitrogens with zero attached hydrogens (tertiary/aromatic N) is 3. The van der Waals surface area contributed by atoms with Gasteiger partial charge in [0.1, 0.15) is 5.69 Å². The monoisotopic (exact) mass is 353 g/mol. The number of halogens is 1. The second-order valence-corrected chi connectivity index (χ2v) is 5.21. The summed E-state index contributed by atoms with van der Waals surface area (Å²) in [5, 5.41) is 8.51. The molecule has 0 atom stereocenters. The number of hydrogen-bond donors (Lipinski definition) is 2. The third-order valence-electron chi connectivity index (χ3n) is 2.57. The van der Waals surface area contributed by atoms with E-state index in [9.17, 15) is 14.4 Å². The second-order valence-electron chi connectivity index (χ2n) is 4.30. The highest BCUT2D eigenvalue weighted by Crippen LogP contribution is 2.11. The van der Waals surface area contributed by atoms with E-state index in [2.05, 4.69) is 31.7 Å². The molecule has 21 heavy (non-hydrogen) atoms. The number of rotatable bonds is 2. The zero-order valence-corrected chi connectivity index (χ0v) is 12.8. The molecule has 0 saturated carbocycles. The van der Waals surface area contributed by atoms with Gasteiger partial charge in [0.05, 0.1) is 11.9 Å². The molecular weight excluding hydrogens is 342 g/mol. The molecule has 0 aliphatic rings. The first kappa shape index (κ1) is 15.0. The molecule has 2 amide bonds. The first-order valence-electron chi connectivity index (χ1n) is 5.84. The summed E-state index contributed by atoms with van der Waals surface area (Å²) in [7, 11) is 3.22. The minimum atomic E-state index is -0.936. The van der Waals surface area contributed by atoms with Crippen LogP contribution in [0.2, 0.25) is 0 Å². The van der Waals surface area contributed by atoms with Crippen LogP contribution in [0.4, 0.5) is 11.4 Å². The zero-order valence-electron chi connectivity index (χ0n) is 11.3. The number of amides is 2. The van der Waals surface area contributed by atoms with Crippen molar-refractivity contribution in [2.75, 3.05) is 10.6 Å². The molecule has 0 aliphatic carbocycles. The van der Waals surface area contributed by atoms with Crippen molar-refractivity contribution >= 4 is 39.1 Å². The predicted octanol–water partition coefficient (Wildman–Crippen LogP) is 0.458. The molecule has 0 unspecified atom stereocenters. The maximum Gasteiger partial charge on any atom is 0.314 e. The van der Waals surface area contributed by atoms with Crippen LogP contribution in [0.25, 0.3) is 0 Å². The largest absolute Gasteiger partial charge is 0.316 e. The van der Waals surface area contributed by atoms with Gasteiger partial charge < -0.3 is 15.2 Å². The predicted molar refractivity (Wildman–Crippen MR) is 79.9 cm³/mol. The molecule has 2 heterocycles. The average molecular weight is 354 g/mol. The normalized spacial score (nSPS) is 10.2. The zero-order chi connectivity index (χ0) is 15.6. The second kappa shape index (κ2) is 5.92. The molecular formula is C12H12BrN5O3. The van der Waals surface area contributed by atoms with Gasteiger partial charge in [0.25, 0.3) is 5.56 Å². The highest BCUT2D eigenvalue weighted by atomic mass is 79.9. The lowest BCUT2D eigenvalue weighted by Gasteiger charge is -2.07. The minimum Gasteiger partial charge on any atom is -0.316 e. The summed E-state index contributed by atoms with van der Waals surface area (Å²) in [4.78, 5) is 35.3. The summed E-state index contributed by atoms with van der Waals surface area (Å²) >= 11 is 3.21. The average Bonchev–Trinajstić information content (AvgIpc) is 2.80. The van der Waals surface area contributed by atoms with Gasteiger partial charge in [-0.3, -0.25) is 19.1 Å². The fraction of sp³-hybridized carbons (Fsp3) is 0.167. The van der Waals surface area contributed by atoms with E-state index in [1.165, 1.54) is 21.5 Å². The van der Waals surface area contributed by atoms with E-state index in [1.807, 2.05) is 0 Å². The minimum absolute atomic E-state index is 0.0122. The summed E-state index contributed by atoms with van der Waals surface area (Å²) in [6, 6.07) is 1.43. The first-order chi connectivity index (χ1) is 9.86. The Balaban J connectivity index is 2.11. The fourth-order valence-corrected chi connectivity index (χ4v) is 2.15. The van der Waals surface area contributed by atoms with Crippen LogP contribution in [0.5, 0.6) is 0 Å². The quantitative estimate of drug-likeness (QED) is 0.766. The van der Waals surface area contributed by atoms with Gasteiger partial charge in [-0.1, -0.05) is 0 Å². The van der Waals surface area contributed by atoms with Gasteiger partial charge in [-0.25, -0.2) is 0 Å². The van der Waals surface area contributed by atoms with Crippen LogP contribution >= 0.6 is 15.9 Å². The molecule has 2 aromatic rings. The van der Waals surface area contributed by atoms with Crippen LogP contribution in [-0.2, 0) is 23.7 Å². The number of carbonyl (C=O) groups is 2. The summed E-state index contributed by atoms with van der Waals surface area (Å²) in [6.45, 7) is 0. The third-order valence-corrected chi connectivity index (χ3v) is 3.00. The molecule has 0 fully saturated rings. The van der Waals surface area contributed by atoms with Crippen LogP contribution < -0.4 is 16.2 Å². The number of anilines is 2. The Morgan fingerprint density at radius 1 is 1.19 bits per heavy atom. The topological polar surface area (TPSA) is 98.0 Å². The number of aryl methyl sites for hydroxylation is 2. The number of pyridine rings is 1. The lowest BCUT2D eigenvalue weighted by atomic mass is 10.4.